The van der Waals surface area contributed by atoms with E-state index in [0.717, 1.165) is 24.0 Å². The van der Waals surface area contributed by atoms with Gasteiger partial charge in [0, 0.05) is 6.61 Å². The molecule has 1 aromatic carbocycles. The largest absolute Gasteiger partial charge is 0.466 e. The molecule has 0 radical (unpaired) electrons. The standard InChI is InChI=1S/C24H38O5/c1-8-28-20(26)16-18-11-9-12-19(15-18)24(7,21(27)29-22(2,3)4)14-10-13-23(5,6)17-25/h9,11-12,15,25H,8,10,13-14,16-17H2,1-7H3. The van der Waals surface area contributed by atoms with Crippen molar-refractivity contribution in [1.29, 1.82) is 0 Å². The fourth-order valence-corrected chi connectivity index (χ4v) is 3.16. The number of benzene rings is 1. The highest BCUT2D eigenvalue weighted by atomic mass is 16.6. The van der Waals surface area contributed by atoms with Crippen LogP contribution in [0.2, 0.25) is 0 Å². The van der Waals surface area contributed by atoms with Gasteiger partial charge in [0.15, 0.2) is 0 Å². The Hall–Kier alpha value is -1.88. The molecule has 5 heteroatoms. The second-order valence-corrected chi connectivity index (χ2v) is 9.69. The number of carbonyl (C=O) groups excluding carboxylic acids is 2. The molecule has 0 saturated carbocycles. The van der Waals surface area contributed by atoms with Gasteiger partial charge in [-0.25, -0.2) is 0 Å². The number of esters is 2. The maximum atomic E-state index is 13.2. The van der Waals surface area contributed by atoms with Crippen LogP contribution < -0.4 is 0 Å². The lowest BCUT2D eigenvalue weighted by Gasteiger charge is -2.33. The molecule has 1 atom stereocenters. The first-order chi connectivity index (χ1) is 13.3. The molecule has 0 aliphatic heterocycles. The third-order valence-electron chi connectivity index (χ3n) is 5.03. The first kappa shape index (κ1) is 25.2. The van der Waals surface area contributed by atoms with Gasteiger partial charge in [0.1, 0.15) is 5.60 Å². The van der Waals surface area contributed by atoms with E-state index in [9.17, 15) is 14.7 Å². The van der Waals surface area contributed by atoms with Crippen LogP contribution in [0.15, 0.2) is 24.3 Å². The Morgan fingerprint density at radius 3 is 2.24 bits per heavy atom. The third-order valence-corrected chi connectivity index (χ3v) is 5.03. The molecule has 0 aromatic heterocycles. The van der Waals surface area contributed by atoms with Crippen molar-refractivity contribution in [2.24, 2.45) is 5.41 Å². The van der Waals surface area contributed by atoms with Crippen LogP contribution in [0.1, 0.15) is 78.9 Å². The van der Waals surface area contributed by atoms with Crippen molar-refractivity contribution in [2.75, 3.05) is 13.2 Å². The normalized spacial score (nSPS) is 14.2. The van der Waals surface area contributed by atoms with Crippen LogP contribution in [0.3, 0.4) is 0 Å². The van der Waals surface area contributed by atoms with Crippen molar-refractivity contribution in [3.05, 3.63) is 35.4 Å². The molecule has 1 aromatic rings. The van der Waals surface area contributed by atoms with Gasteiger partial charge in [0.2, 0.25) is 0 Å². The summed E-state index contributed by atoms with van der Waals surface area (Å²) in [5.41, 5.74) is 0.0109. The Labute approximate surface area is 175 Å². The Balaban J connectivity index is 3.16. The maximum absolute atomic E-state index is 13.2. The third kappa shape index (κ3) is 8.17. The second kappa shape index (κ2) is 10.2. The van der Waals surface area contributed by atoms with Crippen LogP contribution >= 0.6 is 0 Å². The molecule has 5 nitrogen and oxygen atoms in total. The number of aliphatic hydroxyl groups excluding tert-OH is 1. The summed E-state index contributed by atoms with van der Waals surface area (Å²) >= 11 is 0. The van der Waals surface area contributed by atoms with Crippen molar-refractivity contribution in [3.63, 3.8) is 0 Å². The predicted molar refractivity (Wildman–Crippen MR) is 115 cm³/mol. The average molecular weight is 407 g/mol. The second-order valence-electron chi connectivity index (χ2n) is 9.69. The molecule has 1 N–H and O–H groups in total. The van der Waals surface area contributed by atoms with Crippen LogP contribution in [0.4, 0.5) is 0 Å². The number of hydrogen-bond acceptors (Lipinski definition) is 5. The highest BCUT2D eigenvalue weighted by Gasteiger charge is 2.39. The van der Waals surface area contributed by atoms with E-state index in [0.29, 0.717) is 13.0 Å². The van der Waals surface area contributed by atoms with Crippen molar-refractivity contribution in [2.45, 2.75) is 85.2 Å². The van der Waals surface area contributed by atoms with E-state index >= 15 is 0 Å². The molecule has 0 heterocycles. The zero-order chi connectivity index (χ0) is 22.3. The molecule has 0 aliphatic rings. The fourth-order valence-electron chi connectivity index (χ4n) is 3.16. The van der Waals surface area contributed by atoms with Gasteiger partial charge in [0.05, 0.1) is 18.4 Å². The SMILES string of the molecule is CCOC(=O)Cc1cccc(C(C)(CCCC(C)(C)CO)C(=O)OC(C)(C)C)c1. The van der Waals surface area contributed by atoms with E-state index in [1.165, 1.54) is 0 Å². The number of aliphatic hydroxyl groups is 1. The Morgan fingerprint density at radius 1 is 1.03 bits per heavy atom. The van der Waals surface area contributed by atoms with E-state index < -0.39 is 11.0 Å². The molecule has 0 spiro atoms. The summed E-state index contributed by atoms with van der Waals surface area (Å²) in [6.07, 6.45) is 2.33. The zero-order valence-electron chi connectivity index (χ0n) is 19.1. The van der Waals surface area contributed by atoms with Crippen molar-refractivity contribution in [3.8, 4) is 0 Å². The molecule has 1 rings (SSSR count). The summed E-state index contributed by atoms with van der Waals surface area (Å²) in [5.74, 6) is -0.562. The zero-order valence-corrected chi connectivity index (χ0v) is 19.1. The first-order valence-corrected chi connectivity index (χ1v) is 10.4. The van der Waals surface area contributed by atoms with Crippen LogP contribution in [0, 0.1) is 5.41 Å². The lowest BCUT2D eigenvalue weighted by Crippen LogP contribution is -2.39. The van der Waals surface area contributed by atoms with Crippen LogP contribution in [0.25, 0.3) is 0 Å². The lowest BCUT2D eigenvalue weighted by molar-refractivity contribution is -0.162. The number of rotatable bonds is 10. The van der Waals surface area contributed by atoms with Crippen LogP contribution in [-0.2, 0) is 30.9 Å². The highest BCUT2D eigenvalue weighted by molar-refractivity contribution is 5.83. The molecule has 1 unspecified atom stereocenters. The summed E-state index contributed by atoms with van der Waals surface area (Å²) in [6, 6.07) is 7.54. The molecule has 0 amide bonds. The minimum absolute atomic E-state index is 0.102. The van der Waals surface area contributed by atoms with E-state index in [1.807, 2.05) is 65.8 Å². The topological polar surface area (TPSA) is 72.8 Å². The Morgan fingerprint density at radius 2 is 1.69 bits per heavy atom. The maximum Gasteiger partial charge on any atom is 0.316 e. The minimum atomic E-state index is -0.844. The molecular weight excluding hydrogens is 368 g/mol. The predicted octanol–water partition coefficient (Wildman–Crippen LogP) is 4.58. The molecule has 164 valence electrons. The summed E-state index contributed by atoms with van der Waals surface area (Å²) in [6.45, 7) is 13.7. The van der Waals surface area contributed by atoms with Crippen molar-refractivity contribution < 1.29 is 24.2 Å². The van der Waals surface area contributed by atoms with E-state index in [4.69, 9.17) is 9.47 Å². The fraction of sp³-hybridized carbons (Fsp3) is 0.667. The van der Waals surface area contributed by atoms with Gasteiger partial charge < -0.3 is 14.6 Å². The van der Waals surface area contributed by atoms with Crippen molar-refractivity contribution in [1.82, 2.24) is 0 Å². The Kier molecular flexibility index (Phi) is 8.88. The molecule has 0 aliphatic carbocycles. The minimum Gasteiger partial charge on any atom is -0.466 e. The van der Waals surface area contributed by atoms with Crippen molar-refractivity contribution >= 4 is 11.9 Å². The first-order valence-electron chi connectivity index (χ1n) is 10.4. The van der Waals surface area contributed by atoms with Gasteiger partial charge in [-0.1, -0.05) is 44.5 Å². The smallest absolute Gasteiger partial charge is 0.316 e. The summed E-state index contributed by atoms with van der Waals surface area (Å²) < 4.78 is 10.8. The van der Waals surface area contributed by atoms with Gasteiger partial charge in [-0.15, -0.1) is 0 Å². The van der Waals surface area contributed by atoms with E-state index in [1.54, 1.807) is 6.92 Å². The lowest BCUT2D eigenvalue weighted by atomic mass is 9.75. The van der Waals surface area contributed by atoms with Crippen LogP contribution in [-0.4, -0.2) is 35.9 Å². The van der Waals surface area contributed by atoms with Gasteiger partial charge in [0.25, 0.3) is 0 Å². The van der Waals surface area contributed by atoms with E-state index in [2.05, 4.69) is 0 Å². The number of ether oxygens (including phenoxy) is 2. The average Bonchev–Trinajstić information content (AvgIpc) is 2.60. The molecule has 29 heavy (non-hydrogen) atoms. The highest BCUT2D eigenvalue weighted by Crippen LogP contribution is 2.35. The van der Waals surface area contributed by atoms with Gasteiger partial charge >= 0.3 is 11.9 Å². The Bertz CT molecular complexity index is 687. The van der Waals surface area contributed by atoms with E-state index in [-0.39, 0.29) is 30.4 Å². The van der Waals surface area contributed by atoms with Gasteiger partial charge in [-0.2, -0.15) is 0 Å². The number of carbonyl (C=O) groups is 2. The molecular formula is C24H38O5. The number of hydrogen-bond donors (Lipinski definition) is 1. The molecule has 0 fully saturated rings. The summed E-state index contributed by atoms with van der Waals surface area (Å²) in [7, 11) is 0. The van der Waals surface area contributed by atoms with Crippen LogP contribution in [0.5, 0.6) is 0 Å². The molecule has 0 bridgehead atoms. The van der Waals surface area contributed by atoms with Gasteiger partial charge in [-0.3, -0.25) is 9.59 Å². The monoisotopic (exact) mass is 406 g/mol. The van der Waals surface area contributed by atoms with Gasteiger partial charge in [-0.05, 0) is 64.0 Å². The molecule has 0 saturated heterocycles. The summed E-state index contributed by atoms with van der Waals surface area (Å²) in [5, 5.41) is 9.53. The summed E-state index contributed by atoms with van der Waals surface area (Å²) in [4.78, 5) is 25.1. The quantitative estimate of drug-likeness (QED) is 0.576.